The highest BCUT2D eigenvalue weighted by Gasteiger charge is 2.06. The summed E-state index contributed by atoms with van der Waals surface area (Å²) < 4.78 is 5.62. The summed E-state index contributed by atoms with van der Waals surface area (Å²) in [6.07, 6.45) is 0. The summed E-state index contributed by atoms with van der Waals surface area (Å²) in [5.41, 5.74) is 0.821. The van der Waals surface area contributed by atoms with Crippen LogP contribution in [0.25, 0.3) is 0 Å². The largest absolute Gasteiger partial charge is 0.377 e. The fourth-order valence-electron chi connectivity index (χ4n) is 0.773. The molecule has 1 rings (SSSR count). The standard InChI is InChI=1S/C7H8BrClN2O/c1-4-6(8)7(9)11-5(10-4)3-12-2/h3H2,1-2H3. The Kier molecular flexibility index (Phi) is 3.43. The number of aromatic nitrogens is 2. The first-order valence-electron chi connectivity index (χ1n) is 3.32. The maximum Gasteiger partial charge on any atom is 0.156 e. The van der Waals surface area contributed by atoms with Crippen LogP contribution in [0.5, 0.6) is 0 Å². The lowest BCUT2D eigenvalue weighted by Crippen LogP contribution is -1.99. The Balaban J connectivity index is 3.04. The molecule has 5 heteroatoms. The van der Waals surface area contributed by atoms with Gasteiger partial charge in [0.1, 0.15) is 11.8 Å². The summed E-state index contributed by atoms with van der Waals surface area (Å²) in [5, 5.41) is 0.426. The first-order chi connectivity index (χ1) is 5.65. The van der Waals surface area contributed by atoms with Crippen molar-refractivity contribution in [2.24, 2.45) is 0 Å². The lowest BCUT2D eigenvalue weighted by atomic mass is 10.4. The Morgan fingerprint density at radius 2 is 2.17 bits per heavy atom. The second kappa shape index (κ2) is 4.16. The predicted octanol–water partition coefficient (Wildman–Crippen LogP) is 2.35. The molecule has 0 saturated carbocycles. The minimum Gasteiger partial charge on any atom is -0.377 e. The minimum absolute atomic E-state index is 0.383. The number of hydrogen-bond acceptors (Lipinski definition) is 3. The van der Waals surface area contributed by atoms with Gasteiger partial charge in [0.2, 0.25) is 0 Å². The van der Waals surface area contributed by atoms with Gasteiger partial charge in [-0.2, -0.15) is 0 Å². The molecule has 0 unspecified atom stereocenters. The van der Waals surface area contributed by atoms with E-state index in [4.69, 9.17) is 16.3 Å². The van der Waals surface area contributed by atoms with E-state index in [9.17, 15) is 0 Å². The van der Waals surface area contributed by atoms with E-state index >= 15 is 0 Å². The van der Waals surface area contributed by atoms with Crippen LogP contribution in [0.15, 0.2) is 4.47 Å². The van der Waals surface area contributed by atoms with Gasteiger partial charge in [0.25, 0.3) is 0 Å². The molecule has 0 radical (unpaired) electrons. The summed E-state index contributed by atoms with van der Waals surface area (Å²) >= 11 is 9.07. The fourth-order valence-corrected chi connectivity index (χ4v) is 1.18. The lowest BCUT2D eigenvalue weighted by molar-refractivity contribution is 0.177. The summed E-state index contributed by atoms with van der Waals surface area (Å²) in [7, 11) is 1.59. The number of aryl methyl sites for hydroxylation is 1. The SMILES string of the molecule is COCc1nc(C)c(Br)c(Cl)n1. The smallest absolute Gasteiger partial charge is 0.156 e. The highest BCUT2D eigenvalue weighted by molar-refractivity contribution is 9.10. The number of ether oxygens (including phenoxy) is 1. The fraction of sp³-hybridized carbons (Fsp3) is 0.429. The van der Waals surface area contributed by atoms with Crippen LogP contribution in [0.1, 0.15) is 11.5 Å². The van der Waals surface area contributed by atoms with Gasteiger partial charge >= 0.3 is 0 Å². The van der Waals surface area contributed by atoms with Crippen molar-refractivity contribution in [3.8, 4) is 0 Å². The molecule has 0 aliphatic heterocycles. The van der Waals surface area contributed by atoms with Crippen molar-refractivity contribution >= 4 is 27.5 Å². The molecule has 0 bridgehead atoms. The van der Waals surface area contributed by atoms with Crippen molar-refractivity contribution in [1.29, 1.82) is 0 Å². The van der Waals surface area contributed by atoms with Crippen molar-refractivity contribution in [2.45, 2.75) is 13.5 Å². The van der Waals surface area contributed by atoms with Crippen LogP contribution in [-0.4, -0.2) is 17.1 Å². The van der Waals surface area contributed by atoms with Gasteiger partial charge in [0.05, 0.1) is 10.2 Å². The Hall–Kier alpha value is -0.190. The van der Waals surface area contributed by atoms with Crippen LogP contribution in [0.4, 0.5) is 0 Å². The molecule has 0 saturated heterocycles. The second-order valence-corrected chi connectivity index (χ2v) is 3.41. The summed E-state index contributed by atoms with van der Waals surface area (Å²) in [4.78, 5) is 8.16. The van der Waals surface area contributed by atoms with Crippen LogP contribution in [-0.2, 0) is 11.3 Å². The topological polar surface area (TPSA) is 35.0 Å². The third-order valence-corrected chi connectivity index (χ3v) is 2.75. The molecule has 0 aromatic carbocycles. The summed E-state index contributed by atoms with van der Waals surface area (Å²) in [5.74, 6) is 0.600. The van der Waals surface area contributed by atoms with Crippen LogP contribution in [0, 0.1) is 6.92 Å². The van der Waals surface area contributed by atoms with Crippen molar-refractivity contribution < 1.29 is 4.74 Å². The predicted molar refractivity (Wildman–Crippen MR) is 50.2 cm³/mol. The molecule has 1 aromatic heterocycles. The second-order valence-electron chi connectivity index (χ2n) is 2.26. The Morgan fingerprint density at radius 1 is 1.50 bits per heavy atom. The maximum absolute atomic E-state index is 5.80. The van der Waals surface area contributed by atoms with E-state index in [1.54, 1.807) is 7.11 Å². The molecule has 3 nitrogen and oxygen atoms in total. The van der Waals surface area contributed by atoms with E-state index in [0.717, 1.165) is 10.2 Å². The van der Waals surface area contributed by atoms with Gasteiger partial charge in [-0.1, -0.05) is 11.6 Å². The number of rotatable bonds is 2. The summed E-state index contributed by atoms with van der Waals surface area (Å²) in [6, 6.07) is 0. The van der Waals surface area contributed by atoms with Gasteiger partial charge in [0, 0.05) is 7.11 Å². The molecular weight excluding hydrogens is 243 g/mol. The van der Waals surface area contributed by atoms with Gasteiger partial charge < -0.3 is 4.74 Å². The van der Waals surface area contributed by atoms with E-state index in [0.29, 0.717) is 17.6 Å². The molecule has 0 atom stereocenters. The van der Waals surface area contributed by atoms with Gasteiger partial charge in [-0.25, -0.2) is 9.97 Å². The highest BCUT2D eigenvalue weighted by Crippen LogP contribution is 2.22. The molecule has 66 valence electrons. The van der Waals surface area contributed by atoms with E-state index in [1.807, 2.05) is 6.92 Å². The molecule has 0 aliphatic rings. The average Bonchev–Trinajstić information content (AvgIpc) is 2.01. The molecular formula is C7H8BrClN2O. The molecule has 1 aromatic rings. The third kappa shape index (κ3) is 2.15. The Bertz CT molecular complexity index is 270. The maximum atomic E-state index is 5.80. The normalized spacial score (nSPS) is 10.3. The number of methoxy groups -OCH3 is 1. The zero-order valence-corrected chi connectivity index (χ0v) is 9.11. The van der Waals surface area contributed by atoms with E-state index in [-0.39, 0.29) is 0 Å². The third-order valence-electron chi connectivity index (χ3n) is 1.30. The zero-order chi connectivity index (χ0) is 9.14. The molecule has 0 spiro atoms. The zero-order valence-electron chi connectivity index (χ0n) is 6.77. The van der Waals surface area contributed by atoms with Crippen LogP contribution >= 0.6 is 27.5 Å². The molecule has 1 heterocycles. The highest BCUT2D eigenvalue weighted by atomic mass is 79.9. The first kappa shape index (κ1) is 9.89. The molecule has 0 amide bonds. The first-order valence-corrected chi connectivity index (χ1v) is 4.49. The molecule has 12 heavy (non-hydrogen) atoms. The Morgan fingerprint density at radius 3 is 2.67 bits per heavy atom. The molecule has 0 N–H and O–H groups in total. The van der Waals surface area contributed by atoms with Crippen molar-refractivity contribution in [1.82, 2.24) is 9.97 Å². The van der Waals surface area contributed by atoms with E-state index in [2.05, 4.69) is 25.9 Å². The van der Waals surface area contributed by atoms with Gasteiger partial charge in [-0.3, -0.25) is 0 Å². The van der Waals surface area contributed by atoms with Crippen LogP contribution in [0.2, 0.25) is 5.15 Å². The monoisotopic (exact) mass is 250 g/mol. The van der Waals surface area contributed by atoms with Crippen LogP contribution < -0.4 is 0 Å². The summed E-state index contributed by atoms with van der Waals surface area (Å²) in [6.45, 7) is 2.24. The van der Waals surface area contributed by atoms with Crippen LogP contribution in [0.3, 0.4) is 0 Å². The minimum atomic E-state index is 0.383. The van der Waals surface area contributed by atoms with Gasteiger partial charge in [-0.15, -0.1) is 0 Å². The van der Waals surface area contributed by atoms with Gasteiger partial charge in [0.15, 0.2) is 5.82 Å². The number of nitrogens with zero attached hydrogens (tertiary/aromatic N) is 2. The molecule has 0 aliphatic carbocycles. The molecule has 0 fully saturated rings. The quantitative estimate of drug-likeness (QED) is 0.757. The van der Waals surface area contributed by atoms with Crippen molar-refractivity contribution in [3.05, 3.63) is 21.1 Å². The lowest BCUT2D eigenvalue weighted by Gasteiger charge is -2.02. The Labute approximate surface area is 84.2 Å². The number of hydrogen-bond donors (Lipinski definition) is 0. The van der Waals surface area contributed by atoms with E-state index in [1.165, 1.54) is 0 Å². The van der Waals surface area contributed by atoms with Crippen molar-refractivity contribution in [3.63, 3.8) is 0 Å². The van der Waals surface area contributed by atoms with Gasteiger partial charge in [-0.05, 0) is 22.9 Å². The average molecular weight is 252 g/mol. The van der Waals surface area contributed by atoms with E-state index < -0.39 is 0 Å². The number of halogens is 2. The van der Waals surface area contributed by atoms with Crippen molar-refractivity contribution in [2.75, 3.05) is 7.11 Å².